The number of hydrogen-bond acceptors (Lipinski definition) is 6. The van der Waals surface area contributed by atoms with Gasteiger partial charge < -0.3 is 15.5 Å². The van der Waals surface area contributed by atoms with Crippen molar-refractivity contribution in [3.63, 3.8) is 0 Å². The van der Waals surface area contributed by atoms with E-state index in [2.05, 4.69) is 25.7 Å². The van der Waals surface area contributed by atoms with Crippen molar-refractivity contribution in [1.29, 1.82) is 0 Å². The third-order valence-corrected chi connectivity index (χ3v) is 3.68. The van der Waals surface area contributed by atoms with E-state index in [0.29, 0.717) is 13.1 Å². The Bertz CT molecular complexity index is 653. The second kappa shape index (κ2) is 5.65. The van der Waals surface area contributed by atoms with E-state index < -0.39 is 0 Å². The SMILES string of the molecule is CCNC(=O)C1CNCCN1c1ncnc2c1cnn2C. The van der Waals surface area contributed by atoms with Gasteiger partial charge in [0.05, 0.1) is 11.6 Å². The predicted octanol–water partition coefficient (Wildman–Crippen LogP) is -0.722. The molecule has 1 amide bonds. The molecule has 21 heavy (non-hydrogen) atoms. The molecular weight excluding hydrogens is 270 g/mol. The summed E-state index contributed by atoms with van der Waals surface area (Å²) in [6.07, 6.45) is 3.28. The molecule has 2 N–H and O–H groups in total. The average molecular weight is 289 g/mol. The van der Waals surface area contributed by atoms with Crippen LogP contribution in [-0.4, -0.2) is 57.9 Å². The molecule has 1 aliphatic heterocycles. The van der Waals surface area contributed by atoms with Gasteiger partial charge in [0.2, 0.25) is 5.91 Å². The molecule has 0 radical (unpaired) electrons. The number of aromatic nitrogens is 4. The highest BCUT2D eigenvalue weighted by molar-refractivity contribution is 5.91. The van der Waals surface area contributed by atoms with E-state index in [-0.39, 0.29) is 11.9 Å². The van der Waals surface area contributed by atoms with E-state index in [4.69, 9.17) is 0 Å². The van der Waals surface area contributed by atoms with E-state index in [1.165, 1.54) is 6.33 Å². The van der Waals surface area contributed by atoms with Crippen molar-refractivity contribution in [1.82, 2.24) is 30.4 Å². The Kier molecular flexibility index (Phi) is 3.70. The molecule has 112 valence electrons. The summed E-state index contributed by atoms with van der Waals surface area (Å²) in [6, 6.07) is -0.267. The predicted molar refractivity (Wildman–Crippen MR) is 79.0 cm³/mol. The van der Waals surface area contributed by atoms with Gasteiger partial charge in [0.1, 0.15) is 18.2 Å². The molecule has 1 saturated heterocycles. The van der Waals surface area contributed by atoms with Gasteiger partial charge >= 0.3 is 0 Å². The molecule has 2 aromatic heterocycles. The van der Waals surface area contributed by atoms with Crippen LogP contribution in [0.1, 0.15) is 6.92 Å². The average Bonchev–Trinajstić information content (AvgIpc) is 2.89. The maximum atomic E-state index is 12.3. The van der Waals surface area contributed by atoms with Crippen LogP contribution < -0.4 is 15.5 Å². The van der Waals surface area contributed by atoms with Crippen LogP contribution in [0.15, 0.2) is 12.5 Å². The van der Waals surface area contributed by atoms with Crippen LogP contribution >= 0.6 is 0 Å². The largest absolute Gasteiger partial charge is 0.355 e. The molecule has 0 bridgehead atoms. The zero-order valence-corrected chi connectivity index (χ0v) is 12.2. The third-order valence-electron chi connectivity index (χ3n) is 3.68. The molecule has 8 nitrogen and oxygen atoms in total. The number of anilines is 1. The fourth-order valence-electron chi connectivity index (χ4n) is 2.66. The van der Waals surface area contributed by atoms with Crippen molar-refractivity contribution in [3.8, 4) is 0 Å². The van der Waals surface area contributed by atoms with Crippen molar-refractivity contribution >= 4 is 22.8 Å². The molecule has 1 aliphatic rings. The van der Waals surface area contributed by atoms with Crippen LogP contribution in [0.4, 0.5) is 5.82 Å². The van der Waals surface area contributed by atoms with E-state index in [1.54, 1.807) is 10.9 Å². The maximum absolute atomic E-state index is 12.3. The summed E-state index contributed by atoms with van der Waals surface area (Å²) >= 11 is 0. The van der Waals surface area contributed by atoms with Crippen molar-refractivity contribution < 1.29 is 4.79 Å². The normalized spacial score (nSPS) is 19.0. The van der Waals surface area contributed by atoms with Gasteiger partial charge in [-0.1, -0.05) is 0 Å². The van der Waals surface area contributed by atoms with Crippen LogP contribution in [-0.2, 0) is 11.8 Å². The highest BCUT2D eigenvalue weighted by Gasteiger charge is 2.30. The fourth-order valence-corrected chi connectivity index (χ4v) is 2.66. The number of aryl methyl sites for hydroxylation is 1. The van der Waals surface area contributed by atoms with Gasteiger partial charge in [-0.25, -0.2) is 9.97 Å². The molecule has 1 atom stereocenters. The van der Waals surface area contributed by atoms with E-state index in [9.17, 15) is 4.79 Å². The van der Waals surface area contributed by atoms with Gasteiger partial charge in [0.15, 0.2) is 5.65 Å². The third kappa shape index (κ3) is 2.42. The number of carbonyl (C=O) groups is 1. The van der Waals surface area contributed by atoms with Crippen molar-refractivity contribution in [2.24, 2.45) is 7.05 Å². The van der Waals surface area contributed by atoms with Gasteiger partial charge in [-0.2, -0.15) is 5.10 Å². The Hall–Kier alpha value is -2.22. The smallest absolute Gasteiger partial charge is 0.244 e. The van der Waals surface area contributed by atoms with Crippen LogP contribution in [0.5, 0.6) is 0 Å². The molecular formula is C13H19N7O. The van der Waals surface area contributed by atoms with Gasteiger partial charge in [0, 0.05) is 33.2 Å². The first-order chi connectivity index (χ1) is 10.2. The number of rotatable bonds is 3. The Labute approximate surface area is 122 Å². The Morgan fingerprint density at radius 2 is 2.38 bits per heavy atom. The molecule has 3 rings (SSSR count). The number of carbonyl (C=O) groups excluding carboxylic acids is 1. The molecule has 0 aliphatic carbocycles. The number of likely N-dealkylation sites (N-methyl/N-ethyl adjacent to an activating group) is 1. The van der Waals surface area contributed by atoms with Crippen molar-refractivity contribution in [3.05, 3.63) is 12.5 Å². The lowest BCUT2D eigenvalue weighted by Crippen LogP contribution is -2.58. The lowest BCUT2D eigenvalue weighted by atomic mass is 10.1. The molecule has 8 heteroatoms. The number of nitrogens with zero attached hydrogens (tertiary/aromatic N) is 5. The Balaban J connectivity index is 2.00. The number of amides is 1. The van der Waals surface area contributed by atoms with E-state index >= 15 is 0 Å². The molecule has 3 heterocycles. The maximum Gasteiger partial charge on any atom is 0.244 e. The quantitative estimate of drug-likeness (QED) is 0.775. The summed E-state index contributed by atoms with van der Waals surface area (Å²) < 4.78 is 1.71. The second-order valence-electron chi connectivity index (χ2n) is 5.01. The summed E-state index contributed by atoms with van der Waals surface area (Å²) in [5.41, 5.74) is 0.771. The number of nitrogens with one attached hydrogen (secondary N) is 2. The van der Waals surface area contributed by atoms with Crippen molar-refractivity contribution in [2.45, 2.75) is 13.0 Å². The molecule has 0 saturated carbocycles. The molecule has 1 fully saturated rings. The van der Waals surface area contributed by atoms with Gasteiger partial charge in [0.25, 0.3) is 0 Å². The zero-order valence-electron chi connectivity index (χ0n) is 12.2. The summed E-state index contributed by atoms with van der Waals surface area (Å²) in [6.45, 7) is 4.69. The van der Waals surface area contributed by atoms with Crippen LogP contribution in [0.25, 0.3) is 11.0 Å². The summed E-state index contributed by atoms with van der Waals surface area (Å²) in [5.74, 6) is 0.784. The number of fused-ring (bicyclic) bond motifs is 1. The van der Waals surface area contributed by atoms with E-state index in [1.807, 2.05) is 18.9 Å². The fraction of sp³-hybridized carbons (Fsp3) is 0.538. The van der Waals surface area contributed by atoms with Gasteiger partial charge in [-0.3, -0.25) is 9.48 Å². The van der Waals surface area contributed by atoms with Gasteiger partial charge in [-0.05, 0) is 6.92 Å². The minimum atomic E-state index is -0.267. The van der Waals surface area contributed by atoms with E-state index in [0.717, 1.165) is 29.9 Å². The first kappa shape index (κ1) is 13.7. The monoisotopic (exact) mass is 289 g/mol. The minimum absolute atomic E-state index is 0.0142. The van der Waals surface area contributed by atoms with Crippen molar-refractivity contribution in [2.75, 3.05) is 31.1 Å². The van der Waals surface area contributed by atoms with Gasteiger partial charge in [-0.15, -0.1) is 0 Å². The summed E-state index contributed by atoms with van der Waals surface area (Å²) in [4.78, 5) is 22.9. The van der Waals surface area contributed by atoms with Crippen LogP contribution in [0.2, 0.25) is 0 Å². The topological polar surface area (TPSA) is 88.0 Å². The number of hydrogen-bond donors (Lipinski definition) is 2. The standard InChI is InChI=1S/C13H19N7O/c1-3-15-13(21)10-7-14-4-5-20(10)12-9-6-18-19(2)11(9)16-8-17-12/h6,8,10,14H,3-5,7H2,1-2H3,(H,15,21). The van der Waals surface area contributed by atoms with Crippen LogP contribution in [0, 0.1) is 0 Å². The molecule has 0 aromatic carbocycles. The highest BCUT2D eigenvalue weighted by Crippen LogP contribution is 2.24. The first-order valence-corrected chi connectivity index (χ1v) is 7.10. The first-order valence-electron chi connectivity index (χ1n) is 7.10. The Morgan fingerprint density at radius 1 is 1.52 bits per heavy atom. The van der Waals surface area contributed by atoms with Crippen LogP contribution in [0.3, 0.4) is 0 Å². The zero-order chi connectivity index (χ0) is 14.8. The molecule has 0 spiro atoms. The Morgan fingerprint density at radius 3 is 3.19 bits per heavy atom. The summed E-state index contributed by atoms with van der Waals surface area (Å²) in [5, 5.41) is 11.2. The minimum Gasteiger partial charge on any atom is -0.355 e. The molecule has 1 unspecified atom stereocenters. The highest BCUT2D eigenvalue weighted by atomic mass is 16.2. The molecule has 2 aromatic rings. The second-order valence-corrected chi connectivity index (χ2v) is 5.01. The number of piperazine rings is 1. The lowest BCUT2D eigenvalue weighted by Gasteiger charge is -2.36. The lowest BCUT2D eigenvalue weighted by molar-refractivity contribution is -0.122. The summed E-state index contributed by atoms with van der Waals surface area (Å²) in [7, 11) is 1.85.